The van der Waals surface area contributed by atoms with Gasteiger partial charge < -0.3 is 5.11 Å². The van der Waals surface area contributed by atoms with E-state index in [1.807, 2.05) is 31.2 Å². The van der Waals surface area contributed by atoms with E-state index in [0.29, 0.717) is 16.5 Å². The van der Waals surface area contributed by atoms with Crippen molar-refractivity contribution in [2.45, 2.75) is 19.6 Å². The van der Waals surface area contributed by atoms with Gasteiger partial charge in [-0.3, -0.25) is 9.78 Å². The number of benzene rings is 1. The number of hydrogen-bond acceptors (Lipinski definition) is 3. The summed E-state index contributed by atoms with van der Waals surface area (Å²) >= 11 is 7.90. The number of thioether (sulfide) groups is 1. The van der Waals surface area contributed by atoms with Gasteiger partial charge in [-0.2, -0.15) is 11.8 Å². The van der Waals surface area contributed by atoms with Crippen LogP contribution in [0.25, 0.3) is 10.9 Å². The van der Waals surface area contributed by atoms with Crippen molar-refractivity contribution in [1.82, 2.24) is 4.98 Å². The molecular weight excluding hydrogens is 294 g/mol. The summed E-state index contributed by atoms with van der Waals surface area (Å²) in [5, 5.41) is 10.6. The number of carboxylic acid groups (broad SMARTS) is 1. The maximum absolute atomic E-state index is 10.8. The molecule has 2 aromatic rings. The summed E-state index contributed by atoms with van der Waals surface area (Å²) in [7, 11) is 0. The minimum absolute atomic E-state index is 0.361. The standard InChI is InChI=1S/C15H16ClNO2S/c1-9(15(18)19)7-20-8-13-14(16)10(2)11-5-3-4-6-12(11)17-13/h3-6,9H,7-8H2,1-2H3,(H,18,19). The summed E-state index contributed by atoms with van der Waals surface area (Å²) in [6, 6.07) is 7.89. The van der Waals surface area contributed by atoms with E-state index in [2.05, 4.69) is 4.98 Å². The van der Waals surface area contributed by atoms with Gasteiger partial charge in [-0.25, -0.2) is 0 Å². The highest BCUT2D eigenvalue weighted by Gasteiger charge is 2.13. The Morgan fingerprint density at radius 2 is 2.15 bits per heavy atom. The van der Waals surface area contributed by atoms with E-state index in [4.69, 9.17) is 16.7 Å². The molecule has 5 heteroatoms. The molecule has 1 N–H and O–H groups in total. The van der Waals surface area contributed by atoms with Crippen molar-refractivity contribution in [3.63, 3.8) is 0 Å². The molecule has 0 saturated heterocycles. The maximum atomic E-state index is 10.8. The first-order valence-corrected chi connectivity index (χ1v) is 7.88. The third-order valence-corrected chi connectivity index (χ3v) is 4.89. The third kappa shape index (κ3) is 3.25. The lowest BCUT2D eigenvalue weighted by Gasteiger charge is -2.10. The van der Waals surface area contributed by atoms with Crippen LogP contribution in [-0.4, -0.2) is 21.8 Å². The number of aromatic nitrogens is 1. The van der Waals surface area contributed by atoms with Crippen molar-refractivity contribution < 1.29 is 9.90 Å². The summed E-state index contributed by atoms with van der Waals surface area (Å²) < 4.78 is 0. The van der Waals surface area contributed by atoms with Gasteiger partial charge in [0.25, 0.3) is 0 Å². The lowest BCUT2D eigenvalue weighted by atomic mass is 10.1. The average molecular weight is 310 g/mol. The third-order valence-electron chi connectivity index (χ3n) is 3.17. The molecule has 0 aliphatic rings. The van der Waals surface area contributed by atoms with Crippen molar-refractivity contribution in [2.75, 3.05) is 5.75 Å². The zero-order valence-electron chi connectivity index (χ0n) is 11.4. The number of carbonyl (C=O) groups is 1. The van der Waals surface area contributed by atoms with Gasteiger partial charge in [-0.1, -0.05) is 36.7 Å². The van der Waals surface area contributed by atoms with Crippen LogP contribution in [0, 0.1) is 12.8 Å². The summed E-state index contributed by atoms with van der Waals surface area (Å²) in [4.78, 5) is 15.4. The molecule has 0 saturated carbocycles. The van der Waals surface area contributed by atoms with Crippen LogP contribution in [0.2, 0.25) is 5.02 Å². The zero-order valence-corrected chi connectivity index (χ0v) is 13.0. The number of carboxylic acids is 1. The number of pyridine rings is 1. The molecule has 0 fully saturated rings. The van der Waals surface area contributed by atoms with Crippen LogP contribution >= 0.6 is 23.4 Å². The van der Waals surface area contributed by atoms with Crippen molar-refractivity contribution >= 4 is 40.2 Å². The number of nitrogens with zero attached hydrogens (tertiary/aromatic N) is 1. The van der Waals surface area contributed by atoms with Gasteiger partial charge in [0.1, 0.15) is 0 Å². The molecule has 1 unspecified atom stereocenters. The molecule has 0 radical (unpaired) electrons. The van der Waals surface area contributed by atoms with Gasteiger partial charge in [0.05, 0.1) is 22.2 Å². The van der Waals surface area contributed by atoms with E-state index in [9.17, 15) is 4.79 Å². The Morgan fingerprint density at radius 3 is 2.85 bits per heavy atom. The number of halogens is 1. The maximum Gasteiger partial charge on any atom is 0.307 e. The van der Waals surface area contributed by atoms with E-state index >= 15 is 0 Å². The number of hydrogen-bond donors (Lipinski definition) is 1. The summed E-state index contributed by atoms with van der Waals surface area (Å²) in [5.41, 5.74) is 2.78. The monoisotopic (exact) mass is 309 g/mol. The van der Waals surface area contributed by atoms with E-state index in [1.54, 1.807) is 18.7 Å². The Morgan fingerprint density at radius 1 is 1.45 bits per heavy atom. The molecule has 1 atom stereocenters. The molecule has 0 spiro atoms. The average Bonchev–Trinajstić information content (AvgIpc) is 2.44. The number of aliphatic carboxylic acids is 1. The SMILES string of the molecule is Cc1c(Cl)c(CSCC(C)C(=O)O)nc2ccccc12. The van der Waals surface area contributed by atoms with Crippen LogP contribution in [0.15, 0.2) is 24.3 Å². The first-order valence-electron chi connectivity index (χ1n) is 6.35. The number of para-hydroxylation sites is 1. The second-order valence-electron chi connectivity index (χ2n) is 4.77. The van der Waals surface area contributed by atoms with Gasteiger partial charge in [0.15, 0.2) is 0 Å². The lowest BCUT2D eigenvalue weighted by Crippen LogP contribution is -2.12. The summed E-state index contributed by atoms with van der Waals surface area (Å²) in [5.74, 6) is 0.0491. The smallest absolute Gasteiger partial charge is 0.307 e. The predicted molar refractivity (Wildman–Crippen MR) is 84.5 cm³/mol. The Balaban J connectivity index is 2.18. The molecule has 1 aromatic heterocycles. The van der Waals surface area contributed by atoms with Crippen LogP contribution < -0.4 is 0 Å². The minimum atomic E-state index is -0.772. The Hall–Kier alpha value is -1.26. The number of fused-ring (bicyclic) bond motifs is 1. The van der Waals surface area contributed by atoms with Crippen LogP contribution in [0.5, 0.6) is 0 Å². The summed E-state index contributed by atoms with van der Waals surface area (Å²) in [6.07, 6.45) is 0. The molecule has 0 bridgehead atoms. The van der Waals surface area contributed by atoms with Gasteiger partial charge >= 0.3 is 5.97 Å². The fraction of sp³-hybridized carbons (Fsp3) is 0.333. The second-order valence-corrected chi connectivity index (χ2v) is 6.18. The quantitative estimate of drug-likeness (QED) is 0.901. The summed E-state index contributed by atoms with van der Waals surface area (Å²) in [6.45, 7) is 3.69. The van der Waals surface area contributed by atoms with Gasteiger partial charge in [-0.05, 0) is 18.6 Å². The topological polar surface area (TPSA) is 50.2 Å². The molecule has 1 aromatic carbocycles. The van der Waals surface area contributed by atoms with E-state index in [-0.39, 0.29) is 5.92 Å². The zero-order chi connectivity index (χ0) is 14.7. The first kappa shape index (κ1) is 15.1. The van der Waals surface area contributed by atoms with Crippen LogP contribution in [0.1, 0.15) is 18.2 Å². The molecule has 106 valence electrons. The Labute approximate surface area is 127 Å². The molecule has 0 amide bonds. The predicted octanol–water partition coefficient (Wildman–Crippen LogP) is 4.15. The number of aryl methyl sites for hydroxylation is 1. The number of rotatable bonds is 5. The molecule has 0 aliphatic heterocycles. The van der Waals surface area contributed by atoms with Gasteiger partial charge in [0.2, 0.25) is 0 Å². The normalized spacial score (nSPS) is 12.6. The van der Waals surface area contributed by atoms with Gasteiger partial charge in [-0.15, -0.1) is 0 Å². The van der Waals surface area contributed by atoms with Crippen molar-refractivity contribution in [3.8, 4) is 0 Å². The van der Waals surface area contributed by atoms with Crippen molar-refractivity contribution in [1.29, 1.82) is 0 Å². The van der Waals surface area contributed by atoms with Crippen molar-refractivity contribution in [2.24, 2.45) is 5.92 Å². The van der Waals surface area contributed by atoms with Crippen LogP contribution in [-0.2, 0) is 10.5 Å². The molecule has 2 rings (SSSR count). The van der Waals surface area contributed by atoms with Crippen LogP contribution in [0.4, 0.5) is 0 Å². The van der Waals surface area contributed by atoms with E-state index < -0.39 is 5.97 Å². The molecule has 1 heterocycles. The molecule has 3 nitrogen and oxygen atoms in total. The largest absolute Gasteiger partial charge is 0.481 e. The van der Waals surface area contributed by atoms with Crippen molar-refractivity contribution in [3.05, 3.63) is 40.5 Å². The fourth-order valence-corrected chi connectivity index (χ4v) is 3.22. The Kier molecular flexibility index (Phi) is 4.89. The van der Waals surface area contributed by atoms with E-state index in [0.717, 1.165) is 22.2 Å². The Bertz CT molecular complexity index is 645. The second kappa shape index (κ2) is 6.46. The fourth-order valence-electron chi connectivity index (χ4n) is 1.92. The van der Waals surface area contributed by atoms with Crippen LogP contribution in [0.3, 0.4) is 0 Å². The first-order chi connectivity index (χ1) is 9.50. The van der Waals surface area contributed by atoms with Gasteiger partial charge in [0, 0.05) is 16.9 Å². The van der Waals surface area contributed by atoms with E-state index in [1.165, 1.54) is 0 Å². The molecule has 0 aliphatic carbocycles. The molecular formula is C15H16ClNO2S. The molecule has 20 heavy (non-hydrogen) atoms. The highest BCUT2D eigenvalue weighted by molar-refractivity contribution is 7.98. The highest BCUT2D eigenvalue weighted by Crippen LogP contribution is 2.29. The minimum Gasteiger partial charge on any atom is -0.481 e. The highest BCUT2D eigenvalue weighted by atomic mass is 35.5. The lowest BCUT2D eigenvalue weighted by molar-refractivity contribution is -0.140.